The molecule has 0 unspecified atom stereocenters. The number of rotatable bonds is 5. The van der Waals surface area contributed by atoms with Crippen molar-refractivity contribution in [1.82, 2.24) is 9.78 Å². The lowest BCUT2D eigenvalue weighted by Gasteiger charge is -2.22. The number of hydrogen-bond acceptors (Lipinski definition) is 2. The van der Waals surface area contributed by atoms with E-state index in [1.54, 1.807) is 37.5 Å². The number of aromatic nitrogens is 2. The van der Waals surface area contributed by atoms with Crippen LogP contribution >= 0.6 is 0 Å². The number of carbonyl (C=O) groups excluding carboxylic acids is 1. The van der Waals surface area contributed by atoms with Crippen LogP contribution < -0.4 is 4.90 Å². The highest BCUT2D eigenvalue weighted by molar-refractivity contribution is 6.03. The first-order valence-corrected chi connectivity index (χ1v) is 8.58. The van der Waals surface area contributed by atoms with Crippen LogP contribution in [0.4, 0.5) is 23.2 Å². The molecular formula is C21H17F4N3O. The molecule has 4 nitrogen and oxygen atoms in total. The highest BCUT2D eigenvalue weighted by atomic mass is 19.4. The lowest BCUT2D eigenvalue weighted by atomic mass is 10.1. The van der Waals surface area contributed by atoms with E-state index in [2.05, 4.69) is 11.7 Å². The second-order valence-electron chi connectivity index (χ2n) is 6.38. The van der Waals surface area contributed by atoms with Crippen LogP contribution in [0.1, 0.15) is 11.1 Å². The smallest absolute Gasteiger partial charge is 0.301 e. The van der Waals surface area contributed by atoms with Gasteiger partial charge in [0.05, 0.1) is 17.8 Å². The van der Waals surface area contributed by atoms with Gasteiger partial charge < -0.3 is 4.90 Å². The fraction of sp³-hybridized carbons (Fsp3) is 0.143. The third kappa shape index (κ3) is 4.53. The van der Waals surface area contributed by atoms with Gasteiger partial charge in [-0.3, -0.25) is 9.48 Å². The SMILES string of the molecule is C=CC(=O)N(Cc1cc(F)cc(C(F)(F)F)c1)c1cn(C)nc1-c1ccccc1. The molecule has 8 heteroatoms. The van der Waals surface area contributed by atoms with Crippen molar-refractivity contribution in [2.24, 2.45) is 7.05 Å². The summed E-state index contributed by atoms with van der Waals surface area (Å²) in [7, 11) is 1.66. The minimum atomic E-state index is -4.70. The van der Waals surface area contributed by atoms with Gasteiger partial charge in [0, 0.05) is 18.8 Å². The van der Waals surface area contributed by atoms with Crippen molar-refractivity contribution < 1.29 is 22.4 Å². The van der Waals surface area contributed by atoms with Gasteiger partial charge in [-0.05, 0) is 29.8 Å². The van der Waals surface area contributed by atoms with Crippen LogP contribution in [-0.4, -0.2) is 15.7 Å². The molecule has 1 heterocycles. The lowest BCUT2D eigenvalue weighted by Crippen LogP contribution is -2.29. The fourth-order valence-corrected chi connectivity index (χ4v) is 2.96. The first-order valence-electron chi connectivity index (χ1n) is 8.58. The van der Waals surface area contributed by atoms with Crippen LogP contribution in [0.5, 0.6) is 0 Å². The summed E-state index contributed by atoms with van der Waals surface area (Å²) in [5.74, 6) is -1.58. The van der Waals surface area contributed by atoms with Crippen molar-refractivity contribution in [2.45, 2.75) is 12.7 Å². The number of carbonyl (C=O) groups is 1. The zero-order chi connectivity index (χ0) is 21.2. The Morgan fingerprint density at radius 3 is 2.52 bits per heavy atom. The van der Waals surface area contributed by atoms with E-state index in [0.717, 1.165) is 23.8 Å². The van der Waals surface area contributed by atoms with Crippen LogP contribution in [0.15, 0.2) is 67.4 Å². The largest absolute Gasteiger partial charge is 0.416 e. The van der Waals surface area contributed by atoms with Crippen molar-refractivity contribution >= 4 is 11.6 Å². The van der Waals surface area contributed by atoms with E-state index in [0.29, 0.717) is 17.4 Å². The molecule has 150 valence electrons. The maximum atomic E-state index is 13.8. The molecule has 29 heavy (non-hydrogen) atoms. The highest BCUT2D eigenvalue weighted by Crippen LogP contribution is 2.33. The predicted molar refractivity (Wildman–Crippen MR) is 101 cm³/mol. The minimum absolute atomic E-state index is 0.00427. The van der Waals surface area contributed by atoms with Gasteiger partial charge in [0.1, 0.15) is 11.5 Å². The van der Waals surface area contributed by atoms with Crippen molar-refractivity contribution in [3.63, 3.8) is 0 Å². The molecule has 2 aromatic carbocycles. The average Bonchev–Trinajstić information content (AvgIpc) is 3.06. The van der Waals surface area contributed by atoms with E-state index in [4.69, 9.17) is 0 Å². The third-order valence-electron chi connectivity index (χ3n) is 4.21. The Balaban J connectivity index is 2.07. The Labute approximate surface area is 164 Å². The summed E-state index contributed by atoms with van der Waals surface area (Å²) in [4.78, 5) is 13.8. The molecule has 0 saturated carbocycles. The van der Waals surface area contributed by atoms with E-state index >= 15 is 0 Å². The van der Waals surface area contributed by atoms with Gasteiger partial charge in [0.15, 0.2) is 0 Å². The summed E-state index contributed by atoms with van der Waals surface area (Å²) in [5.41, 5.74) is 0.445. The molecule has 0 radical (unpaired) electrons. The van der Waals surface area contributed by atoms with Crippen molar-refractivity contribution in [2.75, 3.05) is 4.90 Å². The fourth-order valence-electron chi connectivity index (χ4n) is 2.96. The van der Waals surface area contributed by atoms with E-state index in [1.165, 1.54) is 9.58 Å². The number of hydrogen-bond donors (Lipinski definition) is 0. The zero-order valence-corrected chi connectivity index (χ0v) is 15.4. The molecule has 3 aromatic rings. The minimum Gasteiger partial charge on any atom is -0.301 e. The summed E-state index contributed by atoms with van der Waals surface area (Å²) >= 11 is 0. The number of halogens is 4. The molecule has 0 spiro atoms. The van der Waals surface area contributed by atoms with Crippen molar-refractivity contribution in [1.29, 1.82) is 0 Å². The van der Waals surface area contributed by atoms with Gasteiger partial charge in [-0.2, -0.15) is 18.3 Å². The van der Waals surface area contributed by atoms with Crippen LogP contribution in [0.2, 0.25) is 0 Å². The average molecular weight is 403 g/mol. The molecule has 0 fully saturated rings. The molecule has 0 aliphatic rings. The molecular weight excluding hydrogens is 386 g/mol. The predicted octanol–water partition coefficient (Wildman–Crippen LogP) is 4.96. The number of amides is 1. The summed E-state index contributed by atoms with van der Waals surface area (Å²) < 4.78 is 54.4. The molecule has 0 saturated heterocycles. The molecule has 0 bridgehead atoms. The first-order chi connectivity index (χ1) is 13.7. The Morgan fingerprint density at radius 1 is 1.21 bits per heavy atom. The van der Waals surface area contributed by atoms with Crippen molar-refractivity contribution in [3.8, 4) is 11.3 Å². The topological polar surface area (TPSA) is 38.1 Å². The van der Waals surface area contributed by atoms with Gasteiger partial charge in [-0.1, -0.05) is 36.9 Å². The molecule has 0 atom stereocenters. The lowest BCUT2D eigenvalue weighted by molar-refractivity contribution is -0.137. The Kier molecular flexibility index (Phi) is 5.54. The summed E-state index contributed by atoms with van der Waals surface area (Å²) in [5, 5.41) is 4.37. The van der Waals surface area contributed by atoms with Crippen LogP contribution in [0.3, 0.4) is 0 Å². The highest BCUT2D eigenvalue weighted by Gasteiger charge is 2.32. The summed E-state index contributed by atoms with van der Waals surface area (Å²) in [6.07, 6.45) is -2.08. The van der Waals surface area contributed by atoms with Gasteiger partial charge in [0.2, 0.25) is 0 Å². The van der Waals surface area contributed by atoms with E-state index in [1.807, 2.05) is 6.07 Å². The standard InChI is InChI=1S/C21H17F4N3O/c1-3-19(29)28(12-14-9-16(21(23,24)25)11-17(22)10-14)18-13-27(2)26-20(18)15-7-5-4-6-8-15/h3-11,13H,1,12H2,2H3. The number of benzene rings is 2. The van der Waals surface area contributed by atoms with E-state index < -0.39 is 23.5 Å². The zero-order valence-electron chi connectivity index (χ0n) is 15.4. The molecule has 1 aromatic heterocycles. The monoisotopic (exact) mass is 403 g/mol. The quantitative estimate of drug-likeness (QED) is 0.446. The normalized spacial score (nSPS) is 11.3. The van der Waals surface area contributed by atoms with Crippen LogP contribution in [0.25, 0.3) is 11.3 Å². The van der Waals surface area contributed by atoms with Gasteiger partial charge >= 0.3 is 6.18 Å². The number of alkyl halides is 3. The molecule has 0 N–H and O–H groups in total. The molecule has 0 aliphatic heterocycles. The molecule has 1 amide bonds. The van der Waals surface area contributed by atoms with Gasteiger partial charge in [-0.25, -0.2) is 4.39 Å². The second kappa shape index (κ2) is 7.90. The van der Waals surface area contributed by atoms with Gasteiger partial charge in [-0.15, -0.1) is 0 Å². The molecule has 3 rings (SSSR count). The summed E-state index contributed by atoms with van der Waals surface area (Å²) in [6.45, 7) is 3.18. The van der Waals surface area contributed by atoms with E-state index in [-0.39, 0.29) is 12.1 Å². The molecule has 0 aliphatic carbocycles. The number of anilines is 1. The maximum Gasteiger partial charge on any atom is 0.416 e. The van der Waals surface area contributed by atoms with Crippen LogP contribution in [0, 0.1) is 5.82 Å². The maximum absolute atomic E-state index is 13.8. The second-order valence-corrected chi connectivity index (χ2v) is 6.38. The van der Waals surface area contributed by atoms with Gasteiger partial charge in [0.25, 0.3) is 5.91 Å². The number of nitrogens with zero attached hydrogens (tertiary/aromatic N) is 3. The first kappa shape index (κ1) is 20.3. The third-order valence-corrected chi connectivity index (χ3v) is 4.21. The van der Waals surface area contributed by atoms with Crippen molar-refractivity contribution in [3.05, 3.63) is 84.3 Å². The van der Waals surface area contributed by atoms with E-state index in [9.17, 15) is 22.4 Å². The van der Waals surface area contributed by atoms with Crippen LogP contribution in [-0.2, 0) is 24.6 Å². The Hall–Kier alpha value is -3.42. The summed E-state index contributed by atoms with van der Waals surface area (Å²) in [6, 6.07) is 11.2. The Morgan fingerprint density at radius 2 is 1.90 bits per heavy atom. The number of aryl methyl sites for hydroxylation is 1. The Bertz CT molecular complexity index is 1040.